The number of piperazine rings is 1. The Morgan fingerprint density at radius 3 is 2.55 bits per heavy atom. The molecule has 0 aromatic heterocycles. The second kappa shape index (κ2) is 5.16. The number of carbonyl (C=O) groups excluding carboxylic acids is 2. The van der Waals surface area contributed by atoms with Gasteiger partial charge in [-0.3, -0.25) is 9.59 Å². The quantitative estimate of drug-likeness (QED) is 0.786. The van der Waals surface area contributed by atoms with Gasteiger partial charge in [-0.2, -0.15) is 0 Å². The molecule has 0 bridgehead atoms. The zero-order chi connectivity index (χ0) is 15.1. The second-order valence-electron chi connectivity index (χ2n) is 5.28. The molecular weight excluding hydrogens is 327 g/mol. The van der Waals surface area contributed by atoms with Crippen molar-refractivity contribution in [3.05, 3.63) is 28.5 Å². The maximum atomic E-state index is 13.3. The number of halogens is 2. The van der Waals surface area contributed by atoms with Gasteiger partial charge in [0.1, 0.15) is 11.4 Å². The molecule has 0 atom stereocenters. The Bertz CT molecular complexity index is 574. The van der Waals surface area contributed by atoms with Crippen LogP contribution in [0.15, 0.2) is 22.7 Å². The molecule has 1 fully saturated rings. The topological polar surface area (TPSA) is 40.6 Å². The lowest BCUT2D eigenvalue weighted by molar-refractivity contribution is -0.145. The molecule has 4 nitrogen and oxygen atoms in total. The van der Waals surface area contributed by atoms with Crippen molar-refractivity contribution in [2.45, 2.75) is 26.3 Å². The van der Waals surface area contributed by atoms with Crippen LogP contribution in [0.25, 0.3) is 0 Å². The summed E-state index contributed by atoms with van der Waals surface area (Å²) in [5, 5.41) is 0. The van der Waals surface area contributed by atoms with E-state index in [1.54, 1.807) is 35.8 Å². The minimum absolute atomic E-state index is 0.122. The Morgan fingerprint density at radius 2 is 2.00 bits per heavy atom. The molecule has 1 aliphatic rings. The van der Waals surface area contributed by atoms with Gasteiger partial charge >= 0.3 is 0 Å². The Labute approximate surface area is 125 Å². The minimum Gasteiger partial charge on any atom is -0.327 e. The molecule has 2 rings (SSSR count). The first kappa shape index (κ1) is 15.0. The third kappa shape index (κ3) is 2.44. The zero-order valence-electron chi connectivity index (χ0n) is 11.6. The predicted octanol–water partition coefficient (Wildman–Crippen LogP) is 2.56. The number of hydrogen-bond acceptors (Lipinski definition) is 2. The van der Waals surface area contributed by atoms with E-state index in [9.17, 15) is 14.0 Å². The lowest BCUT2D eigenvalue weighted by Crippen LogP contribution is -2.64. The van der Waals surface area contributed by atoms with Crippen molar-refractivity contribution in [1.29, 1.82) is 0 Å². The molecule has 0 spiro atoms. The largest absolute Gasteiger partial charge is 0.327 e. The van der Waals surface area contributed by atoms with Gasteiger partial charge in [-0.15, -0.1) is 0 Å². The van der Waals surface area contributed by atoms with E-state index in [4.69, 9.17) is 0 Å². The summed E-state index contributed by atoms with van der Waals surface area (Å²) in [6, 6.07) is 4.46. The summed E-state index contributed by atoms with van der Waals surface area (Å²) in [6.07, 6.45) is 0. The van der Waals surface area contributed by atoms with E-state index >= 15 is 0 Å². The van der Waals surface area contributed by atoms with Crippen molar-refractivity contribution in [3.8, 4) is 0 Å². The molecule has 0 aliphatic carbocycles. The Morgan fingerprint density at radius 1 is 1.35 bits per heavy atom. The van der Waals surface area contributed by atoms with Crippen LogP contribution in [-0.2, 0) is 9.59 Å². The van der Waals surface area contributed by atoms with E-state index in [1.807, 2.05) is 0 Å². The van der Waals surface area contributed by atoms with Crippen LogP contribution in [0.4, 0.5) is 10.1 Å². The van der Waals surface area contributed by atoms with Crippen molar-refractivity contribution in [3.63, 3.8) is 0 Å². The minimum atomic E-state index is -0.898. The van der Waals surface area contributed by atoms with Gasteiger partial charge in [-0.1, -0.05) is 0 Å². The van der Waals surface area contributed by atoms with Crippen LogP contribution >= 0.6 is 15.9 Å². The van der Waals surface area contributed by atoms with Crippen molar-refractivity contribution in [2.75, 3.05) is 18.0 Å². The summed E-state index contributed by atoms with van der Waals surface area (Å²) in [6.45, 7) is 5.77. The van der Waals surface area contributed by atoms with Gasteiger partial charge in [0.25, 0.3) is 5.91 Å². The fourth-order valence-electron chi connectivity index (χ4n) is 2.48. The summed E-state index contributed by atoms with van der Waals surface area (Å²) < 4.78 is 13.6. The summed E-state index contributed by atoms with van der Waals surface area (Å²) in [7, 11) is 0. The van der Waals surface area contributed by atoms with Crippen LogP contribution in [0.1, 0.15) is 20.8 Å². The fraction of sp³-hybridized carbons (Fsp3) is 0.429. The fourth-order valence-corrected chi connectivity index (χ4v) is 2.84. The first-order valence-electron chi connectivity index (χ1n) is 6.30. The number of carbonyl (C=O) groups is 2. The van der Waals surface area contributed by atoms with Gasteiger partial charge in [0.15, 0.2) is 0 Å². The highest BCUT2D eigenvalue weighted by atomic mass is 79.9. The summed E-state index contributed by atoms with van der Waals surface area (Å²) in [5.41, 5.74) is -0.273. The third-order valence-electron chi connectivity index (χ3n) is 3.59. The molecule has 0 unspecified atom stereocenters. The van der Waals surface area contributed by atoms with Gasteiger partial charge in [0.05, 0.1) is 4.47 Å². The third-order valence-corrected chi connectivity index (χ3v) is 4.19. The van der Waals surface area contributed by atoms with E-state index in [0.717, 1.165) is 0 Å². The highest BCUT2D eigenvalue weighted by Crippen LogP contribution is 2.29. The average Bonchev–Trinajstić information content (AvgIpc) is 2.35. The summed E-state index contributed by atoms with van der Waals surface area (Å²) >= 11 is 3.12. The first-order chi connectivity index (χ1) is 9.25. The molecule has 1 aromatic rings. The van der Waals surface area contributed by atoms with Gasteiger partial charge < -0.3 is 9.80 Å². The highest BCUT2D eigenvalue weighted by molar-refractivity contribution is 9.10. The molecule has 1 saturated heterocycles. The van der Waals surface area contributed by atoms with Crippen LogP contribution in [0.5, 0.6) is 0 Å². The molecule has 0 radical (unpaired) electrons. The SMILES string of the molecule is CC(=O)N1CCN(c2ccc(F)c(Br)c2)C(=O)C1(C)C. The van der Waals surface area contributed by atoms with Crippen LogP contribution in [-0.4, -0.2) is 35.3 Å². The normalized spacial score (nSPS) is 18.4. The van der Waals surface area contributed by atoms with Crippen LogP contribution < -0.4 is 4.90 Å². The van der Waals surface area contributed by atoms with Crippen molar-refractivity contribution >= 4 is 33.4 Å². The second-order valence-corrected chi connectivity index (χ2v) is 6.14. The molecular formula is C14H16BrFN2O2. The predicted molar refractivity (Wildman–Crippen MR) is 77.9 cm³/mol. The van der Waals surface area contributed by atoms with Gasteiger partial charge in [-0.25, -0.2) is 4.39 Å². The van der Waals surface area contributed by atoms with Crippen molar-refractivity contribution < 1.29 is 14.0 Å². The molecule has 1 aromatic carbocycles. The van der Waals surface area contributed by atoms with E-state index < -0.39 is 5.54 Å². The van der Waals surface area contributed by atoms with Gasteiger partial charge in [0.2, 0.25) is 5.91 Å². The molecule has 1 heterocycles. The smallest absolute Gasteiger partial charge is 0.252 e. The van der Waals surface area contributed by atoms with Gasteiger partial charge in [0, 0.05) is 25.7 Å². The maximum absolute atomic E-state index is 13.3. The van der Waals surface area contributed by atoms with E-state index in [1.165, 1.54) is 13.0 Å². The van der Waals surface area contributed by atoms with Gasteiger partial charge in [-0.05, 0) is 48.0 Å². The van der Waals surface area contributed by atoms with Crippen LogP contribution in [0, 0.1) is 5.82 Å². The molecule has 2 amide bonds. The number of benzene rings is 1. The highest BCUT2D eigenvalue weighted by Gasteiger charge is 2.43. The van der Waals surface area contributed by atoms with E-state index in [0.29, 0.717) is 23.2 Å². The molecule has 20 heavy (non-hydrogen) atoms. The number of amides is 2. The van der Waals surface area contributed by atoms with Crippen LogP contribution in [0.3, 0.4) is 0 Å². The molecule has 0 N–H and O–H groups in total. The zero-order valence-corrected chi connectivity index (χ0v) is 13.2. The van der Waals surface area contributed by atoms with E-state index in [-0.39, 0.29) is 17.6 Å². The number of hydrogen-bond donors (Lipinski definition) is 0. The Balaban J connectivity index is 2.34. The van der Waals surface area contributed by atoms with Crippen molar-refractivity contribution in [1.82, 2.24) is 4.90 Å². The van der Waals surface area contributed by atoms with Crippen LogP contribution in [0.2, 0.25) is 0 Å². The van der Waals surface area contributed by atoms with E-state index in [2.05, 4.69) is 15.9 Å². The summed E-state index contributed by atoms with van der Waals surface area (Å²) in [5.74, 6) is -0.663. The van der Waals surface area contributed by atoms with Crippen molar-refractivity contribution in [2.24, 2.45) is 0 Å². The molecule has 0 saturated carbocycles. The maximum Gasteiger partial charge on any atom is 0.252 e. The lowest BCUT2D eigenvalue weighted by atomic mass is 9.97. The molecule has 6 heteroatoms. The molecule has 108 valence electrons. The number of nitrogens with zero attached hydrogens (tertiary/aromatic N) is 2. The molecule has 1 aliphatic heterocycles. The Kier molecular flexibility index (Phi) is 3.86. The average molecular weight is 343 g/mol. The number of rotatable bonds is 1. The number of anilines is 1. The first-order valence-corrected chi connectivity index (χ1v) is 7.09. The lowest BCUT2D eigenvalue weighted by Gasteiger charge is -2.45. The Hall–Kier alpha value is -1.43. The summed E-state index contributed by atoms with van der Waals surface area (Å²) in [4.78, 5) is 27.3. The standard InChI is InChI=1S/C14H16BrFN2O2/c1-9(19)18-7-6-17(13(20)14(18,2)3)10-4-5-12(16)11(15)8-10/h4-5,8H,6-7H2,1-3H3. The monoisotopic (exact) mass is 342 g/mol.